The Morgan fingerprint density at radius 3 is 2.38 bits per heavy atom. The minimum Gasteiger partial charge on any atom is -0.457 e. The molecule has 3 nitrogen and oxygen atoms in total. The molecule has 1 aliphatic heterocycles. The van der Waals surface area contributed by atoms with Gasteiger partial charge in [0.05, 0.1) is 5.75 Å². The third kappa shape index (κ3) is 3.64. The molecule has 3 aromatic rings. The summed E-state index contributed by atoms with van der Waals surface area (Å²) >= 11 is 5.16. The Balaban J connectivity index is 1.58. The van der Waals surface area contributed by atoms with Gasteiger partial charge < -0.3 is 4.74 Å². The molecule has 4 rings (SSSR count). The minimum absolute atomic E-state index is 0.0131. The van der Waals surface area contributed by atoms with Gasteiger partial charge in [0.25, 0.3) is 0 Å². The fourth-order valence-electron chi connectivity index (χ4n) is 2.91. The zero-order valence-corrected chi connectivity index (χ0v) is 16.2. The lowest BCUT2D eigenvalue weighted by atomic mass is 10.2. The van der Waals surface area contributed by atoms with Gasteiger partial charge in [-0.3, -0.25) is 9.69 Å². The number of thioether (sulfide) groups is 1. The Morgan fingerprint density at radius 2 is 1.65 bits per heavy atom. The van der Waals surface area contributed by atoms with Crippen LogP contribution in [0.25, 0.3) is 0 Å². The van der Waals surface area contributed by atoms with Gasteiger partial charge in [0.15, 0.2) is 0 Å². The van der Waals surface area contributed by atoms with Gasteiger partial charge >= 0.3 is 0 Å². The van der Waals surface area contributed by atoms with Crippen molar-refractivity contribution in [2.75, 3.05) is 10.7 Å². The molecule has 0 saturated carbocycles. The molecule has 1 atom stereocenters. The molecule has 0 bridgehead atoms. The van der Waals surface area contributed by atoms with E-state index in [0.717, 1.165) is 27.2 Å². The first-order valence-electron chi connectivity index (χ1n) is 8.23. The van der Waals surface area contributed by atoms with Crippen molar-refractivity contribution < 1.29 is 9.53 Å². The highest BCUT2D eigenvalue weighted by Crippen LogP contribution is 2.42. The summed E-state index contributed by atoms with van der Waals surface area (Å²) in [5.41, 5.74) is 1.99. The molecule has 1 aliphatic rings. The molecule has 1 fully saturated rings. The molecule has 0 N–H and O–H groups in total. The largest absolute Gasteiger partial charge is 0.457 e. The summed E-state index contributed by atoms with van der Waals surface area (Å²) < 4.78 is 6.85. The highest BCUT2D eigenvalue weighted by Gasteiger charge is 2.34. The van der Waals surface area contributed by atoms with Crippen LogP contribution in [-0.4, -0.2) is 11.7 Å². The van der Waals surface area contributed by atoms with E-state index in [9.17, 15) is 4.79 Å². The molecule has 3 aromatic carbocycles. The number of hydrogen-bond acceptors (Lipinski definition) is 3. The van der Waals surface area contributed by atoms with Crippen LogP contribution >= 0.6 is 27.7 Å². The maximum Gasteiger partial charge on any atom is 0.238 e. The Hall–Kier alpha value is -2.24. The molecule has 1 heterocycles. The van der Waals surface area contributed by atoms with Crippen LogP contribution in [0.3, 0.4) is 0 Å². The maximum atomic E-state index is 12.5. The molecule has 26 heavy (non-hydrogen) atoms. The van der Waals surface area contributed by atoms with Gasteiger partial charge in [-0.2, -0.15) is 0 Å². The summed E-state index contributed by atoms with van der Waals surface area (Å²) in [6.45, 7) is 0. The SMILES string of the molecule is O=C1CS[C@@H](c2cccc(Br)c2)N1c1ccc(Oc2ccccc2)cc1. The standard InChI is InChI=1S/C21H16BrNO2S/c22-16-6-4-5-15(13-16)21-23(20(24)14-26-21)17-9-11-19(12-10-17)25-18-7-2-1-3-8-18/h1-13,21H,14H2/t21-/m0/s1. The normalized spacial score (nSPS) is 16.7. The van der Waals surface area contributed by atoms with Gasteiger partial charge in [0.1, 0.15) is 16.9 Å². The zero-order valence-electron chi connectivity index (χ0n) is 13.8. The van der Waals surface area contributed by atoms with Crippen molar-refractivity contribution >= 4 is 39.3 Å². The van der Waals surface area contributed by atoms with Gasteiger partial charge in [0, 0.05) is 10.2 Å². The highest BCUT2D eigenvalue weighted by molar-refractivity contribution is 9.10. The number of amides is 1. The van der Waals surface area contributed by atoms with Crippen molar-refractivity contribution in [2.45, 2.75) is 5.37 Å². The third-order valence-corrected chi connectivity index (χ3v) is 5.80. The van der Waals surface area contributed by atoms with Gasteiger partial charge in [-0.25, -0.2) is 0 Å². The van der Waals surface area contributed by atoms with Crippen molar-refractivity contribution in [2.24, 2.45) is 0 Å². The zero-order chi connectivity index (χ0) is 17.9. The van der Waals surface area contributed by atoms with E-state index in [1.807, 2.05) is 71.6 Å². The van der Waals surface area contributed by atoms with Crippen LogP contribution in [0, 0.1) is 0 Å². The van der Waals surface area contributed by atoms with E-state index in [0.29, 0.717) is 5.75 Å². The highest BCUT2D eigenvalue weighted by atomic mass is 79.9. The second-order valence-electron chi connectivity index (χ2n) is 5.89. The summed E-state index contributed by atoms with van der Waals surface area (Å²) in [4.78, 5) is 14.3. The molecule has 0 radical (unpaired) electrons. The fourth-order valence-corrected chi connectivity index (χ4v) is 4.49. The molecule has 0 spiro atoms. The van der Waals surface area contributed by atoms with Crippen molar-refractivity contribution in [1.82, 2.24) is 0 Å². The topological polar surface area (TPSA) is 29.5 Å². The number of carbonyl (C=O) groups excluding carboxylic acids is 1. The van der Waals surface area contributed by atoms with Gasteiger partial charge in [-0.1, -0.05) is 46.3 Å². The Labute approximate surface area is 165 Å². The lowest BCUT2D eigenvalue weighted by molar-refractivity contribution is -0.115. The van der Waals surface area contributed by atoms with Crippen LogP contribution in [0.1, 0.15) is 10.9 Å². The Kier molecular flexibility index (Phi) is 5.00. The molecular weight excluding hydrogens is 410 g/mol. The predicted molar refractivity (Wildman–Crippen MR) is 110 cm³/mol. The van der Waals surface area contributed by atoms with Crippen LogP contribution in [0.2, 0.25) is 0 Å². The van der Waals surface area contributed by atoms with Gasteiger partial charge in [-0.05, 0) is 54.1 Å². The number of anilines is 1. The second-order valence-corrected chi connectivity index (χ2v) is 7.88. The van der Waals surface area contributed by atoms with E-state index < -0.39 is 0 Å². The quantitative estimate of drug-likeness (QED) is 0.511. The number of benzene rings is 3. The predicted octanol–water partition coefficient (Wildman–Crippen LogP) is 6.02. The van der Waals surface area contributed by atoms with E-state index in [2.05, 4.69) is 28.1 Å². The van der Waals surface area contributed by atoms with Gasteiger partial charge in [-0.15, -0.1) is 11.8 Å². The summed E-state index contributed by atoms with van der Waals surface area (Å²) in [6.07, 6.45) is 0. The third-order valence-electron chi connectivity index (χ3n) is 4.10. The fraction of sp³-hybridized carbons (Fsp3) is 0.0952. The van der Waals surface area contributed by atoms with Crippen molar-refractivity contribution in [3.05, 3.63) is 88.9 Å². The molecule has 0 aromatic heterocycles. The molecular formula is C21H16BrNO2S. The Bertz CT molecular complexity index is 915. The van der Waals surface area contributed by atoms with E-state index in [-0.39, 0.29) is 11.3 Å². The van der Waals surface area contributed by atoms with E-state index >= 15 is 0 Å². The smallest absolute Gasteiger partial charge is 0.238 e. The molecule has 130 valence electrons. The van der Waals surface area contributed by atoms with Crippen molar-refractivity contribution in [1.29, 1.82) is 0 Å². The molecule has 1 amide bonds. The average molecular weight is 426 g/mol. The number of halogens is 1. The number of carbonyl (C=O) groups is 1. The first kappa shape index (κ1) is 17.2. The van der Waals surface area contributed by atoms with Crippen molar-refractivity contribution in [3.8, 4) is 11.5 Å². The van der Waals surface area contributed by atoms with Crippen LogP contribution in [0.4, 0.5) is 5.69 Å². The number of rotatable bonds is 4. The summed E-state index contributed by atoms with van der Waals surface area (Å²) in [7, 11) is 0. The van der Waals surface area contributed by atoms with E-state index in [1.54, 1.807) is 11.8 Å². The average Bonchev–Trinajstić information content (AvgIpc) is 3.05. The number of para-hydroxylation sites is 1. The Morgan fingerprint density at radius 1 is 0.923 bits per heavy atom. The van der Waals surface area contributed by atoms with Crippen LogP contribution in [-0.2, 0) is 4.79 Å². The maximum absolute atomic E-state index is 12.5. The molecule has 1 saturated heterocycles. The minimum atomic E-state index is -0.0131. The lowest BCUT2D eigenvalue weighted by Crippen LogP contribution is -2.27. The van der Waals surface area contributed by atoms with Gasteiger partial charge in [0.2, 0.25) is 5.91 Å². The number of nitrogens with zero attached hydrogens (tertiary/aromatic N) is 1. The first-order valence-corrected chi connectivity index (χ1v) is 10.1. The monoisotopic (exact) mass is 425 g/mol. The molecule has 0 unspecified atom stereocenters. The number of hydrogen-bond donors (Lipinski definition) is 0. The summed E-state index contributed by atoms with van der Waals surface area (Å²) in [5, 5.41) is -0.0131. The first-order chi connectivity index (χ1) is 12.7. The van der Waals surface area contributed by atoms with Crippen LogP contribution in [0.5, 0.6) is 11.5 Å². The van der Waals surface area contributed by atoms with Crippen LogP contribution in [0.15, 0.2) is 83.3 Å². The summed E-state index contributed by atoms with van der Waals surface area (Å²) in [6, 6.07) is 25.4. The van der Waals surface area contributed by atoms with Crippen molar-refractivity contribution in [3.63, 3.8) is 0 Å². The number of ether oxygens (including phenoxy) is 1. The second kappa shape index (κ2) is 7.56. The lowest BCUT2D eigenvalue weighted by Gasteiger charge is -2.24. The molecule has 0 aliphatic carbocycles. The van der Waals surface area contributed by atoms with Crippen LogP contribution < -0.4 is 9.64 Å². The van der Waals surface area contributed by atoms with E-state index in [4.69, 9.17) is 4.74 Å². The van der Waals surface area contributed by atoms with E-state index in [1.165, 1.54) is 0 Å². The molecule has 5 heteroatoms. The summed E-state index contributed by atoms with van der Waals surface area (Å²) in [5.74, 6) is 2.15.